The molecule has 0 saturated heterocycles. The lowest BCUT2D eigenvalue weighted by Crippen LogP contribution is -2.01. The van der Waals surface area contributed by atoms with Crippen molar-refractivity contribution in [3.05, 3.63) is 95.6 Å². The highest BCUT2D eigenvalue weighted by molar-refractivity contribution is 5.43. The van der Waals surface area contributed by atoms with Gasteiger partial charge in [-0.1, -0.05) is 80.1 Å². The fourth-order valence-corrected chi connectivity index (χ4v) is 2.70. The van der Waals surface area contributed by atoms with Crippen LogP contribution in [0, 0.1) is 0 Å². The zero-order valence-electron chi connectivity index (χ0n) is 14.7. The molecule has 25 heavy (non-hydrogen) atoms. The summed E-state index contributed by atoms with van der Waals surface area (Å²) in [7, 11) is 0. The van der Waals surface area contributed by atoms with Gasteiger partial charge >= 0.3 is 0 Å². The van der Waals surface area contributed by atoms with Gasteiger partial charge in [-0.05, 0) is 35.2 Å². The molecule has 3 aromatic rings. The van der Waals surface area contributed by atoms with E-state index in [9.17, 15) is 0 Å². The molecule has 3 aromatic carbocycles. The Balaban J connectivity index is 1.73. The summed E-state index contributed by atoms with van der Waals surface area (Å²) in [6.45, 7) is 3.26. The van der Waals surface area contributed by atoms with Crippen molar-refractivity contribution < 1.29 is 9.47 Å². The fraction of sp³-hybridized carbons (Fsp3) is 0.217. The van der Waals surface area contributed by atoms with Gasteiger partial charge in [-0.15, -0.1) is 0 Å². The molecule has 0 N–H and O–H groups in total. The van der Waals surface area contributed by atoms with E-state index in [1.807, 2.05) is 42.5 Å². The van der Waals surface area contributed by atoms with E-state index in [1.165, 1.54) is 5.56 Å². The average molecular weight is 332 g/mol. The van der Waals surface area contributed by atoms with Crippen LogP contribution >= 0.6 is 0 Å². The van der Waals surface area contributed by atoms with Crippen LogP contribution in [-0.2, 0) is 19.6 Å². The van der Waals surface area contributed by atoms with E-state index < -0.39 is 0 Å². The minimum absolute atomic E-state index is 0.537. The summed E-state index contributed by atoms with van der Waals surface area (Å²) >= 11 is 0. The third-order valence-electron chi connectivity index (χ3n) is 4.02. The molecule has 0 radical (unpaired) electrons. The predicted molar refractivity (Wildman–Crippen MR) is 102 cm³/mol. The molecule has 128 valence electrons. The van der Waals surface area contributed by atoms with Gasteiger partial charge in [0.1, 0.15) is 13.2 Å². The highest BCUT2D eigenvalue weighted by Crippen LogP contribution is 2.30. The Morgan fingerprint density at radius 1 is 0.600 bits per heavy atom. The van der Waals surface area contributed by atoms with Crippen molar-refractivity contribution >= 4 is 0 Å². The maximum Gasteiger partial charge on any atom is 0.161 e. The van der Waals surface area contributed by atoms with Crippen molar-refractivity contribution in [1.82, 2.24) is 0 Å². The van der Waals surface area contributed by atoms with Crippen LogP contribution < -0.4 is 9.47 Å². The third-order valence-corrected chi connectivity index (χ3v) is 4.02. The summed E-state index contributed by atoms with van der Waals surface area (Å²) < 4.78 is 12.1. The van der Waals surface area contributed by atoms with Crippen LogP contribution in [0.25, 0.3) is 0 Å². The first kappa shape index (κ1) is 17.1. The number of aryl methyl sites for hydroxylation is 1. The molecule has 0 bridgehead atoms. The molecule has 0 aliphatic rings. The second kappa shape index (κ2) is 8.93. The molecular weight excluding hydrogens is 308 g/mol. The van der Waals surface area contributed by atoms with Gasteiger partial charge < -0.3 is 9.47 Å². The molecule has 0 unspecified atom stereocenters. The van der Waals surface area contributed by atoms with Crippen molar-refractivity contribution in [3.8, 4) is 11.5 Å². The lowest BCUT2D eigenvalue weighted by Gasteiger charge is -2.14. The van der Waals surface area contributed by atoms with E-state index in [0.29, 0.717) is 13.2 Å². The van der Waals surface area contributed by atoms with Crippen LogP contribution in [0.15, 0.2) is 78.9 Å². The molecule has 0 aliphatic carbocycles. The Hall–Kier alpha value is -2.74. The number of ether oxygens (including phenoxy) is 2. The first-order valence-corrected chi connectivity index (χ1v) is 8.81. The summed E-state index contributed by atoms with van der Waals surface area (Å²) in [4.78, 5) is 0. The molecule has 0 fully saturated rings. The lowest BCUT2D eigenvalue weighted by molar-refractivity contribution is 0.255. The summed E-state index contributed by atoms with van der Waals surface area (Å²) in [5.74, 6) is 1.60. The van der Waals surface area contributed by atoms with Crippen LogP contribution in [0.5, 0.6) is 11.5 Å². The van der Waals surface area contributed by atoms with Crippen LogP contribution in [0.3, 0.4) is 0 Å². The highest BCUT2D eigenvalue weighted by atomic mass is 16.5. The van der Waals surface area contributed by atoms with E-state index in [0.717, 1.165) is 35.5 Å². The van der Waals surface area contributed by atoms with Crippen LogP contribution in [0.2, 0.25) is 0 Å². The predicted octanol–water partition coefficient (Wildman–Crippen LogP) is 5.80. The highest BCUT2D eigenvalue weighted by Gasteiger charge is 2.08. The van der Waals surface area contributed by atoms with Crippen LogP contribution in [0.1, 0.15) is 30.0 Å². The minimum atomic E-state index is 0.537. The zero-order chi connectivity index (χ0) is 17.3. The van der Waals surface area contributed by atoms with Crippen LogP contribution in [0.4, 0.5) is 0 Å². The van der Waals surface area contributed by atoms with Gasteiger partial charge in [0.15, 0.2) is 11.5 Å². The quantitative estimate of drug-likeness (QED) is 0.519. The van der Waals surface area contributed by atoms with E-state index >= 15 is 0 Å². The monoisotopic (exact) mass is 332 g/mol. The standard InChI is InChI=1S/C23H24O2/c1-2-9-19-14-15-22(24-17-20-10-5-3-6-11-20)23(16-19)25-18-21-12-7-4-8-13-21/h3-8,10-16H,2,9,17-18H2,1H3. The topological polar surface area (TPSA) is 18.5 Å². The Labute approximate surface area is 150 Å². The lowest BCUT2D eigenvalue weighted by atomic mass is 10.1. The molecule has 0 amide bonds. The van der Waals surface area contributed by atoms with Gasteiger partial charge in [0, 0.05) is 0 Å². The zero-order valence-corrected chi connectivity index (χ0v) is 14.7. The molecule has 0 aliphatic heterocycles. The van der Waals surface area contributed by atoms with Crippen molar-refractivity contribution in [3.63, 3.8) is 0 Å². The molecule has 3 rings (SSSR count). The second-order valence-corrected chi connectivity index (χ2v) is 6.08. The smallest absolute Gasteiger partial charge is 0.161 e. The van der Waals surface area contributed by atoms with Gasteiger partial charge in [-0.25, -0.2) is 0 Å². The normalized spacial score (nSPS) is 10.4. The minimum Gasteiger partial charge on any atom is -0.485 e. The largest absolute Gasteiger partial charge is 0.485 e. The second-order valence-electron chi connectivity index (χ2n) is 6.08. The number of rotatable bonds is 8. The molecule has 0 aromatic heterocycles. The molecular formula is C23H24O2. The number of hydrogen-bond acceptors (Lipinski definition) is 2. The summed E-state index contributed by atoms with van der Waals surface area (Å²) in [5, 5.41) is 0. The summed E-state index contributed by atoms with van der Waals surface area (Å²) in [5.41, 5.74) is 3.57. The van der Waals surface area contributed by atoms with Crippen molar-refractivity contribution in [2.24, 2.45) is 0 Å². The molecule has 0 atom stereocenters. The third kappa shape index (κ3) is 5.12. The van der Waals surface area contributed by atoms with Gasteiger partial charge in [-0.2, -0.15) is 0 Å². The average Bonchev–Trinajstić information content (AvgIpc) is 2.67. The molecule has 0 spiro atoms. The molecule has 0 saturated carbocycles. The van der Waals surface area contributed by atoms with Crippen molar-refractivity contribution in [1.29, 1.82) is 0 Å². The molecule has 2 heteroatoms. The Morgan fingerprint density at radius 2 is 1.16 bits per heavy atom. The maximum absolute atomic E-state index is 6.07. The number of benzene rings is 3. The van der Waals surface area contributed by atoms with Gasteiger partial charge in [0.25, 0.3) is 0 Å². The summed E-state index contributed by atoms with van der Waals surface area (Å²) in [6, 6.07) is 26.6. The van der Waals surface area contributed by atoms with E-state index in [2.05, 4.69) is 43.3 Å². The Kier molecular flexibility index (Phi) is 6.11. The number of hydrogen-bond donors (Lipinski definition) is 0. The van der Waals surface area contributed by atoms with E-state index in [4.69, 9.17) is 9.47 Å². The first-order valence-electron chi connectivity index (χ1n) is 8.81. The van der Waals surface area contributed by atoms with Gasteiger partial charge in [0.05, 0.1) is 0 Å². The Bertz CT molecular complexity index is 767. The van der Waals surface area contributed by atoms with E-state index in [1.54, 1.807) is 0 Å². The van der Waals surface area contributed by atoms with E-state index in [-0.39, 0.29) is 0 Å². The molecule has 2 nitrogen and oxygen atoms in total. The summed E-state index contributed by atoms with van der Waals surface area (Å²) in [6.07, 6.45) is 2.16. The first-order chi connectivity index (χ1) is 12.3. The van der Waals surface area contributed by atoms with Gasteiger partial charge in [-0.3, -0.25) is 0 Å². The van der Waals surface area contributed by atoms with Crippen molar-refractivity contribution in [2.45, 2.75) is 33.0 Å². The Morgan fingerprint density at radius 3 is 1.72 bits per heavy atom. The maximum atomic E-state index is 6.07. The SMILES string of the molecule is CCCc1ccc(OCc2ccccc2)c(OCc2ccccc2)c1. The van der Waals surface area contributed by atoms with Crippen molar-refractivity contribution in [2.75, 3.05) is 0 Å². The fourth-order valence-electron chi connectivity index (χ4n) is 2.70. The van der Waals surface area contributed by atoms with Gasteiger partial charge in [0.2, 0.25) is 0 Å². The van der Waals surface area contributed by atoms with Crippen LogP contribution in [-0.4, -0.2) is 0 Å². The molecule has 0 heterocycles.